The number of nitrogens with zero attached hydrogens (tertiary/aromatic N) is 1. The van der Waals surface area contributed by atoms with E-state index in [0.717, 1.165) is 18.2 Å². The average molecular weight is 441 g/mol. The molecule has 0 radical (unpaired) electrons. The van der Waals surface area contributed by atoms with E-state index in [0.29, 0.717) is 21.6 Å². The zero-order valence-electron chi connectivity index (χ0n) is 14.6. The Hall–Kier alpha value is -2.46. The van der Waals surface area contributed by atoms with Gasteiger partial charge in [0.1, 0.15) is 0 Å². The molecular weight excluding hydrogens is 426 g/mol. The van der Waals surface area contributed by atoms with Gasteiger partial charge in [0.15, 0.2) is 6.10 Å². The van der Waals surface area contributed by atoms with E-state index in [9.17, 15) is 36.2 Å². The number of halogens is 7. The fourth-order valence-electron chi connectivity index (χ4n) is 2.32. The SMILES string of the molecule is O=C(Nc1cccc(C(F)(F)F)c1)N(Cc1ccc(Cl)cc1)C[C@@H](O)C(F)(F)F. The lowest BCUT2D eigenvalue weighted by Crippen LogP contribution is -2.45. The van der Waals surface area contributed by atoms with Crippen LogP contribution in [0.3, 0.4) is 0 Å². The van der Waals surface area contributed by atoms with Gasteiger partial charge in [0.05, 0.1) is 12.1 Å². The molecule has 0 aromatic heterocycles. The number of alkyl halides is 6. The molecule has 0 aliphatic rings. The maximum Gasteiger partial charge on any atom is 0.416 e. The highest BCUT2D eigenvalue weighted by Gasteiger charge is 2.40. The number of nitrogens with one attached hydrogen (secondary N) is 1. The fraction of sp³-hybridized carbons (Fsp3) is 0.278. The Morgan fingerprint density at radius 2 is 1.69 bits per heavy atom. The number of amides is 2. The van der Waals surface area contributed by atoms with Crippen LogP contribution in [0.25, 0.3) is 0 Å². The lowest BCUT2D eigenvalue weighted by molar-refractivity contribution is -0.206. The standard InChI is InChI=1S/C18H15ClF6N2O2/c19-13-6-4-11(5-7-13)9-27(10-15(28)18(23,24)25)16(29)26-14-3-1-2-12(8-14)17(20,21)22/h1-8,15,28H,9-10H2,(H,26,29)/t15-/m1/s1. The van der Waals surface area contributed by atoms with Crippen LogP contribution in [0.4, 0.5) is 36.8 Å². The predicted octanol–water partition coefficient (Wildman–Crippen LogP) is 5.32. The second-order valence-corrected chi connectivity index (χ2v) is 6.51. The van der Waals surface area contributed by atoms with Crippen molar-refractivity contribution in [2.75, 3.05) is 11.9 Å². The van der Waals surface area contributed by atoms with Gasteiger partial charge in [0.25, 0.3) is 0 Å². The molecule has 0 aliphatic heterocycles. The molecule has 0 fully saturated rings. The van der Waals surface area contributed by atoms with Gasteiger partial charge in [-0.3, -0.25) is 0 Å². The smallest absolute Gasteiger partial charge is 0.382 e. The summed E-state index contributed by atoms with van der Waals surface area (Å²) >= 11 is 5.74. The topological polar surface area (TPSA) is 52.6 Å². The van der Waals surface area contributed by atoms with Crippen LogP contribution in [0.15, 0.2) is 48.5 Å². The van der Waals surface area contributed by atoms with Gasteiger partial charge in [-0.05, 0) is 35.9 Å². The number of urea groups is 1. The van der Waals surface area contributed by atoms with E-state index in [2.05, 4.69) is 5.32 Å². The molecule has 2 rings (SSSR count). The van der Waals surface area contributed by atoms with Crippen LogP contribution in [0.2, 0.25) is 5.02 Å². The summed E-state index contributed by atoms with van der Waals surface area (Å²) in [7, 11) is 0. The molecule has 2 aromatic carbocycles. The zero-order valence-corrected chi connectivity index (χ0v) is 15.3. The van der Waals surface area contributed by atoms with Crippen molar-refractivity contribution in [2.45, 2.75) is 25.0 Å². The Morgan fingerprint density at radius 3 is 2.24 bits per heavy atom. The molecule has 11 heteroatoms. The van der Waals surface area contributed by atoms with Crippen molar-refractivity contribution in [2.24, 2.45) is 0 Å². The van der Waals surface area contributed by atoms with E-state index >= 15 is 0 Å². The number of benzene rings is 2. The Morgan fingerprint density at radius 1 is 1.07 bits per heavy atom. The van der Waals surface area contributed by atoms with E-state index < -0.39 is 36.6 Å². The van der Waals surface area contributed by atoms with Gasteiger partial charge >= 0.3 is 18.4 Å². The Labute approximate surface area is 166 Å². The second-order valence-electron chi connectivity index (χ2n) is 6.07. The highest BCUT2D eigenvalue weighted by atomic mass is 35.5. The van der Waals surface area contributed by atoms with Crippen molar-refractivity contribution in [3.63, 3.8) is 0 Å². The largest absolute Gasteiger partial charge is 0.416 e. The summed E-state index contributed by atoms with van der Waals surface area (Å²) < 4.78 is 76.6. The number of anilines is 1. The predicted molar refractivity (Wildman–Crippen MR) is 94.4 cm³/mol. The van der Waals surface area contributed by atoms with Crippen molar-refractivity contribution >= 4 is 23.3 Å². The van der Waals surface area contributed by atoms with Gasteiger partial charge in [-0.2, -0.15) is 26.3 Å². The molecule has 0 heterocycles. The van der Waals surface area contributed by atoms with Gasteiger partial charge in [0, 0.05) is 17.3 Å². The molecule has 0 spiro atoms. The maximum absolute atomic E-state index is 12.8. The number of carbonyl (C=O) groups excluding carboxylic acids is 1. The Kier molecular flexibility index (Phi) is 7.02. The first-order chi connectivity index (χ1) is 13.4. The molecule has 29 heavy (non-hydrogen) atoms. The third-order valence-corrected chi connectivity index (χ3v) is 4.04. The summed E-state index contributed by atoms with van der Waals surface area (Å²) in [4.78, 5) is 13.1. The Bertz CT molecular complexity index is 839. The molecule has 2 aromatic rings. The first kappa shape index (κ1) is 22.8. The van der Waals surface area contributed by atoms with Crippen LogP contribution in [0.1, 0.15) is 11.1 Å². The molecule has 0 saturated carbocycles. The third-order valence-electron chi connectivity index (χ3n) is 3.79. The van der Waals surface area contributed by atoms with Crippen LogP contribution >= 0.6 is 11.6 Å². The number of hydrogen-bond donors (Lipinski definition) is 2. The molecule has 158 valence electrons. The third kappa shape index (κ3) is 6.82. The van der Waals surface area contributed by atoms with E-state index in [1.807, 2.05) is 0 Å². The van der Waals surface area contributed by atoms with Gasteiger partial charge in [-0.25, -0.2) is 4.79 Å². The normalized spacial score (nSPS) is 13.1. The van der Waals surface area contributed by atoms with Crippen molar-refractivity contribution < 1.29 is 36.2 Å². The van der Waals surface area contributed by atoms with Gasteiger partial charge in [-0.15, -0.1) is 0 Å². The highest BCUT2D eigenvalue weighted by molar-refractivity contribution is 6.30. The minimum absolute atomic E-state index is 0.257. The summed E-state index contributed by atoms with van der Waals surface area (Å²) in [6.45, 7) is -1.45. The maximum atomic E-state index is 12.8. The van der Waals surface area contributed by atoms with Crippen LogP contribution in [0, 0.1) is 0 Å². The Balaban J connectivity index is 2.22. The minimum Gasteiger partial charge on any atom is -0.382 e. The molecule has 0 saturated heterocycles. The molecule has 4 nitrogen and oxygen atoms in total. The second kappa shape index (κ2) is 8.91. The monoisotopic (exact) mass is 440 g/mol. The molecule has 0 bridgehead atoms. The van der Waals surface area contributed by atoms with Crippen molar-refractivity contribution in [3.8, 4) is 0 Å². The summed E-state index contributed by atoms with van der Waals surface area (Å²) in [5, 5.41) is 11.8. The van der Waals surface area contributed by atoms with Crippen molar-refractivity contribution in [3.05, 3.63) is 64.7 Å². The van der Waals surface area contributed by atoms with Gasteiger partial charge in [0.2, 0.25) is 0 Å². The molecular formula is C18H15ClF6N2O2. The number of hydrogen-bond acceptors (Lipinski definition) is 2. The van der Waals surface area contributed by atoms with E-state index in [-0.39, 0.29) is 12.2 Å². The molecule has 0 aliphatic carbocycles. The number of aliphatic hydroxyl groups is 1. The number of carbonyl (C=O) groups is 1. The summed E-state index contributed by atoms with van der Waals surface area (Å²) in [6.07, 6.45) is -12.5. The molecule has 2 N–H and O–H groups in total. The van der Waals surface area contributed by atoms with E-state index in [4.69, 9.17) is 11.6 Å². The van der Waals surface area contributed by atoms with Crippen LogP contribution in [-0.2, 0) is 12.7 Å². The van der Waals surface area contributed by atoms with E-state index in [1.165, 1.54) is 24.3 Å². The highest BCUT2D eigenvalue weighted by Crippen LogP contribution is 2.31. The summed E-state index contributed by atoms with van der Waals surface area (Å²) in [6, 6.07) is 8.38. The minimum atomic E-state index is -4.98. The van der Waals surface area contributed by atoms with Crippen LogP contribution < -0.4 is 5.32 Å². The van der Waals surface area contributed by atoms with Crippen molar-refractivity contribution in [1.82, 2.24) is 4.90 Å². The van der Waals surface area contributed by atoms with E-state index in [1.54, 1.807) is 0 Å². The van der Waals surface area contributed by atoms with Crippen LogP contribution in [-0.4, -0.2) is 34.9 Å². The average Bonchev–Trinajstić information content (AvgIpc) is 2.61. The summed E-state index contributed by atoms with van der Waals surface area (Å²) in [5.41, 5.74) is -0.884. The van der Waals surface area contributed by atoms with Gasteiger partial charge in [-0.1, -0.05) is 29.8 Å². The lowest BCUT2D eigenvalue weighted by atomic mass is 10.2. The fourth-order valence-corrected chi connectivity index (χ4v) is 2.44. The molecule has 1 atom stereocenters. The first-order valence-electron chi connectivity index (χ1n) is 8.08. The lowest BCUT2D eigenvalue weighted by Gasteiger charge is -2.27. The molecule has 2 amide bonds. The first-order valence-corrected chi connectivity index (χ1v) is 8.46. The van der Waals surface area contributed by atoms with Crippen molar-refractivity contribution in [1.29, 1.82) is 0 Å². The zero-order chi connectivity index (χ0) is 21.8. The number of aliphatic hydroxyl groups excluding tert-OH is 1. The molecule has 0 unspecified atom stereocenters. The quantitative estimate of drug-likeness (QED) is 0.619. The van der Waals surface area contributed by atoms with Crippen LogP contribution in [0.5, 0.6) is 0 Å². The van der Waals surface area contributed by atoms with Gasteiger partial charge < -0.3 is 15.3 Å². The summed E-state index contributed by atoms with van der Waals surface area (Å²) in [5.74, 6) is 0. The number of rotatable bonds is 5.